The average molecular weight is 493 g/mol. The smallest absolute Gasteiger partial charge is 0.257 e. The van der Waals surface area contributed by atoms with Crippen molar-refractivity contribution in [3.8, 4) is 0 Å². The van der Waals surface area contributed by atoms with Crippen LogP contribution in [0.4, 0.5) is 11.4 Å². The van der Waals surface area contributed by atoms with Crippen LogP contribution >= 0.6 is 0 Å². The standard InChI is InChI=1S/C32H36N4O/c1-24-14-16-32(17-15-24,36-20-18-35(19-21-36)27-10-3-2-4-11-27)25-8-7-9-26(22-25)34-31(37)29-23-33-30-13-6-5-12-28(29)30/h2-13,22-24,33H,14-21H2,1H3,(H,34,37). The van der Waals surface area contributed by atoms with Crippen molar-refractivity contribution in [1.82, 2.24) is 9.88 Å². The molecule has 2 heterocycles. The van der Waals surface area contributed by atoms with Crippen LogP contribution in [0.3, 0.4) is 0 Å². The first-order chi connectivity index (χ1) is 18.1. The number of anilines is 2. The van der Waals surface area contributed by atoms with E-state index in [2.05, 4.69) is 75.6 Å². The van der Waals surface area contributed by atoms with Gasteiger partial charge < -0.3 is 15.2 Å². The minimum atomic E-state index is -0.0719. The normalized spacial score (nSPS) is 22.7. The van der Waals surface area contributed by atoms with Crippen molar-refractivity contribution in [3.05, 3.63) is 96.2 Å². The van der Waals surface area contributed by atoms with E-state index in [1.54, 1.807) is 6.20 Å². The molecule has 5 heteroatoms. The predicted molar refractivity (Wildman–Crippen MR) is 152 cm³/mol. The molecule has 1 aromatic heterocycles. The fourth-order valence-electron chi connectivity index (χ4n) is 6.40. The second-order valence-electron chi connectivity index (χ2n) is 10.8. The maximum Gasteiger partial charge on any atom is 0.257 e. The first-order valence-electron chi connectivity index (χ1n) is 13.7. The number of piperazine rings is 1. The van der Waals surface area contributed by atoms with Crippen LogP contribution in [0.1, 0.15) is 48.5 Å². The van der Waals surface area contributed by atoms with Gasteiger partial charge in [0.25, 0.3) is 5.91 Å². The highest BCUT2D eigenvalue weighted by Crippen LogP contribution is 2.45. The number of nitrogens with zero attached hydrogens (tertiary/aromatic N) is 2. The number of amides is 1. The second-order valence-corrected chi connectivity index (χ2v) is 10.8. The van der Waals surface area contributed by atoms with Gasteiger partial charge in [0.05, 0.1) is 5.56 Å². The zero-order valence-electron chi connectivity index (χ0n) is 21.6. The summed E-state index contributed by atoms with van der Waals surface area (Å²) < 4.78 is 0. The van der Waals surface area contributed by atoms with Crippen molar-refractivity contribution < 1.29 is 4.79 Å². The first kappa shape index (κ1) is 23.8. The molecule has 0 bridgehead atoms. The van der Waals surface area contributed by atoms with Gasteiger partial charge in [-0.1, -0.05) is 55.5 Å². The minimum Gasteiger partial charge on any atom is -0.369 e. The molecular weight excluding hydrogens is 456 g/mol. The number of fused-ring (bicyclic) bond motifs is 1. The van der Waals surface area contributed by atoms with Crippen molar-refractivity contribution >= 4 is 28.2 Å². The zero-order chi connectivity index (χ0) is 25.2. The summed E-state index contributed by atoms with van der Waals surface area (Å²) in [6.45, 7) is 6.57. The Morgan fingerprint density at radius 1 is 0.892 bits per heavy atom. The molecule has 190 valence electrons. The molecule has 1 aliphatic heterocycles. The Kier molecular flexibility index (Phi) is 6.47. The van der Waals surface area contributed by atoms with Crippen LogP contribution < -0.4 is 10.2 Å². The molecule has 2 aliphatic rings. The van der Waals surface area contributed by atoms with Crippen molar-refractivity contribution in [1.29, 1.82) is 0 Å². The molecule has 3 aromatic carbocycles. The van der Waals surface area contributed by atoms with Gasteiger partial charge in [0.2, 0.25) is 0 Å². The summed E-state index contributed by atoms with van der Waals surface area (Å²) in [5.74, 6) is 0.695. The number of hydrogen-bond acceptors (Lipinski definition) is 3. The van der Waals surface area contributed by atoms with E-state index < -0.39 is 0 Å². The summed E-state index contributed by atoms with van der Waals surface area (Å²) in [4.78, 5) is 21.7. The third-order valence-electron chi connectivity index (χ3n) is 8.60. The number of aromatic nitrogens is 1. The van der Waals surface area contributed by atoms with Gasteiger partial charge in [-0.05, 0) is 67.5 Å². The Bertz CT molecular complexity index is 1360. The highest BCUT2D eigenvalue weighted by atomic mass is 16.1. The summed E-state index contributed by atoms with van der Waals surface area (Å²) in [6.07, 6.45) is 6.62. The van der Waals surface area contributed by atoms with Crippen LogP contribution in [0.5, 0.6) is 0 Å². The maximum absolute atomic E-state index is 13.2. The van der Waals surface area contributed by atoms with E-state index in [-0.39, 0.29) is 11.4 Å². The fraction of sp³-hybridized carbons (Fsp3) is 0.344. The Morgan fingerprint density at radius 3 is 2.41 bits per heavy atom. The van der Waals surface area contributed by atoms with Gasteiger partial charge in [-0.25, -0.2) is 0 Å². The van der Waals surface area contributed by atoms with E-state index in [1.807, 2.05) is 30.3 Å². The molecule has 0 radical (unpaired) electrons. The molecule has 2 N–H and O–H groups in total. The number of benzene rings is 3. The molecule has 6 rings (SSSR count). The lowest BCUT2D eigenvalue weighted by Gasteiger charge is -2.51. The molecule has 1 amide bonds. The van der Waals surface area contributed by atoms with E-state index in [9.17, 15) is 4.79 Å². The van der Waals surface area contributed by atoms with Crippen LogP contribution in [0.15, 0.2) is 85.1 Å². The SMILES string of the molecule is CC1CCC(c2cccc(NC(=O)c3c[nH]c4ccccc34)c2)(N2CCN(c3ccccc3)CC2)CC1. The highest BCUT2D eigenvalue weighted by Gasteiger charge is 2.42. The summed E-state index contributed by atoms with van der Waals surface area (Å²) in [6, 6.07) is 27.3. The highest BCUT2D eigenvalue weighted by molar-refractivity contribution is 6.12. The third kappa shape index (κ3) is 4.64. The van der Waals surface area contributed by atoms with Gasteiger partial charge in [-0.2, -0.15) is 0 Å². The number of carbonyl (C=O) groups excluding carboxylic acids is 1. The molecule has 0 spiro atoms. The van der Waals surface area contributed by atoms with Crippen molar-refractivity contribution in [2.45, 2.75) is 38.1 Å². The monoisotopic (exact) mass is 492 g/mol. The average Bonchev–Trinajstić information content (AvgIpc) is 3.39. The topological polar surface area (TPSA) is 51.4 Å². The summed E-state index contributed by atoms with van der Waals surface area (Å²) in [5.41, 5.74) is 5.20. The van der Waals surface area contributed by atoms with E-state index in [4.69, 9.17) is 0 Å². The summed E-state index contributed by atoms with van der Waals surface area (Å²) in [5, 5.41) is 4.14. The number of H-pyrrole nitrogens is 1. The second kappa shape index (κ2) is 10.1. The van der Waals surface area contributed by atoms with E-state index in [0.717, 1.165) is 48.7 Å². The Balaban J connectivity index is 1.24. The van der Waals surface area contributed by atoms with Gasteiger partial charge in [-0.3, -0.25) is 9.69 Å². The van der Waals surface area contributed by atoms with Crippen LogP contribution in [0, 0.1) is 5.92 Å². The molecule has 0 atom stereocenters. The minimum absolute atomic E-state index is 0.0246. The third-order valence-corrected chi connectivity index (χ3v) is 8.60. The Labute approximate surface area is 219 Å². The van der Waals surface area contributed by atoms with E-state index in [1.165, 1.54) is 36.9 Å². The largest absolute Gasteiger partial charge is 0.369 e. The lowest BCUT2D eigenvalue weighted by molar-refractivity contribution is 0.0299. The van der Waals surface area contributed by atoms with Crippen molar-refractivity contribution in [2.24, 2.45) is 5.92 Å². The molecule has 0 unspecified atom stereocenters. The van der Waals surface area contributed by atoms with Crippen LogP contribution in [-0.4, -0.2) is 42.0 Å². The first-order valence-corrected chi connectivity index (χ1v) is 13.7. The lowest BCUT2D eigenvalue weighted by atomic mass is 9.71. The number of para-hydroxylation sites is 2. The molecule has 1 saturated heterocycles. The van der Waals surface area contributed by atoms with Crippen molar-refractivity contribution in [3.63, 3.8) is 0 Å². The zero-order valence-corrected chi connectivity index (χ0v) is 21.6. The van der Waals surface area contributed by atoms with Crippen molar-refractivity contribution in [2.75, 3.05) is 36.4 Å². The number of aromatic amines is 1. The molecular formula is C32H36N4O. The lowest BCUT2D eigenvalue weighted by Crippen LogP contribution is -2.56. The fourth-order valence-corrected chi connectivity index (χ4v) is 6.40. The van der Waals surface area contributed by atoms with Crippen LogP contribution in [-0.2, 0) is 5.54 Å². The molecule has 1 saturated carbocycles. The van der Waals surface area contributed by atoms with Gasteiger partial charge in [0.1, 0.15) is 0 Å². The maximum atomic E-state index is 13.2. The van der Waals surface area contributed by atoms with E-state index in [0.29, 0.717) is 5.56 Å². The Hall–Kier alpha value is -3.57. The molecule has 4 aromatic rings. The molecule has 37 heavy (non-hydrogen) atoms. The number of carbonyl (C=O) groups is 1. The molecule has 2 fully saturated rings. The van der Waals surface area contributed by atoms with Gasteiger partial charge in [0, 0.05) is 60.2 Å². The number of hydrogen-bond donors (Lipinski definition) is 2. The van der Waals surface area contributed by atoms with Crippen LogP contribution in [0.25, 0.3) is 10.9 Å². The number of nitrogens with one attached hydrogen (secondary N) is 2. The Morgan fingerprint density at radius 2 is 1.62 bits per heavy atom. The quantitative estimate of drug-likeness (QED) is 0.328. The summed E-state index contributed by atoms with van der Waals surface area (Å²) in [7, 11) is 0. The van der Waals surface area contributed by atoms with Gasteiger partial charge in [0.15, 0.2) is 0 Å². The number of rotatable bonds is 5. The summed E-state index contributed by atoms with van der Waals surface area (Å²) >= 11 is 0. The molecule has 1 aliphatic carbocycles. The predicted octanol–water partition coefficient (Wildman–Crippen LogP) is 6.65. The van der Waals surface area contributed by atoms with Gasteiger partial charge >= 0.3 is 0 Å². The molecule has 5 nitrogen and oxygen atoms in total. The van der Waals surface area contributed by atoms with Crippen LogP contribution in [0.2, 0.25) is 0 Å². The van der Waals surface area contributed by atoms with Gasteiger partial charge in [-0.15, -0.1) is 0 Å². The van der Waals surface area contributed by atoms with E-state index >= 15 is 0 Å².